The summed E-state index contributed by atoms with van der Waals surface area (Å²) in [6, 6.07) is 17.2. The van der Waals surface area contributed by atoms with Crippen LogP contribution in [0.15, 0.2) is 58.4 Å². The summed E-state index contributed by atoms with van der Waals surface area (Å²) in [5, 5.41) is 3.46. The van der Waals surface area contributed by atoms with Gasteiger partial charge in [0, 0.05) is 9.17 Å². The number of fused-ring (bicyclic) bond motifs is 1. The monoisotopic (exact) mass is 288 g/mol. The lowest BCUT2D eigenvalue weighted by atomic mass is 10.0. The zero-order valence-electron chi connectivity index (χ0n) is 8.48. The first kappa shape index (κ1) is 10.1. The van der Waals surface area contributed by atoms with Gasteiger partial charge in [0.2, 0.25) is 0 Å². The summed E-state index contributed by atoms with van der Waals surface area (Å²) in [5.74, 6) is 0. The van der Waals surface area contributed by atoms with Gasteiger partial charge in [0.15, 0.2) is 0 Å². The van der Waals surface area contributed by atoms with Gasteiger partial charge in [0.1, 0.15) is 0 Å². The summed E-state index contributed by atoms with van der Waals surface area (Å²) in [6.45, 7) is 0. The molecular formula is C14H9BrS. The molecule has 2 heteroatoms. The van der Waals surface area contributed by atoms with Gasteiger partial charge in [-0.3, -0.25) is 0 Å². The van der Waals surface area contributed by atoms with Gasteiger partial charge in [0.25, 0.3) is 0 Å². The Morgan fingerprint density at radius 1 is 0.875 bits per heavy atom. The Hall–Kier alpha value is -1.12. The Kier molecular flexibility index (Phi) is 2.54. The van der Waals surface area contributed by atoms with Crippen LogP contribution < -0.4 is 0 Å². The standard InChI is InChI=1S/C14H9BrS/c15-13-3-1-2-10(9-13)11-4-5-14-12(8-11)6-7-16-14/h1-9H. The van der Waals surface area contributed by atoms with E-state index in [9.17, 15) is 0 Å². The van der Waals surface area contributed by atoms with E-state index < -0.39 is 0 Å². The minimum Gasteiger partial charge on any atom is -0.144 e. The van der Waals surface area contributed by atoms with Gasteiger partial charge >= 0.3 is 0 Å². The maximum Gasteiger partial charge on any atom is 0.0343 e. The van der Waals surface area contributed by atoms with Crippen LogP contribution in [0.2, 0.25) is 0 Å². The van der Waals surface area contributed by atoms with E-state index in [0.717, 1.165) is 4.47 Å². The molecule has 0 nitrogen and oxygen atoms in total. The molecule has 0 bridgehead atoms. The first-order chi connectivity index (χ1) is 7.83. The molecule has 3 aromatic rings. The van der Waals surface area contributed by atoms with Crippen molar-refractivity contribution in [1.82, 2.24) is 0 Å². The minimum absolute atomic E-state index is 1.12. The lowest BCUT2D eigenvalue weighted by Gasteiger charge is -2.02. The quantitative estimate of drug-likeness (QED) is 0.568. The first-order valence-electron chi connectivity index (χ1n) is 5.06. The lowest BCUT2D eigenvalue weighted by molar-refractivity contribution is 1.62. The molecule has 0 amide bonds. The van der Waals surface area contributed by atoms with Crippen LogP contribution in [0.1, 0.15) is 0 Å². The van der Waals surface area contributed by atoms with Gasteiger partial charge in [-0.2, -0.15) is 0 Å². The highest BCUT2D eigenvalue weighted by Crippen LogP contribution is 2.28. The molecule has 78 valence electrons. The predicted molar refractivity (Wildman–Crippen MR) is 75.0 cm³/mol. The van der Waals surface area contributed by atoms with E-state index in [1.165, 1.54) is 21.2 Å². The molecular weight excluding hydrogens is 280 g/mol. The van der Waals surface area contributed by atoms with Crippen LogP contribution >= 0.6 is 27.3 Å². The number of hydrogen-bond donors (Lipinski definition) is 0. The van der Waals surface area contributed by atoms with Gasteiger partial charge in [-0.15, -0.1) is 11.3 Å². The highest BCUT2D eigenvalue weighted by molar-refractivity contribution is 9.10. The predicted octanol–water partition coefficient (Wildman–Crippen LogP) is 5.33. The number of hydrogen-bond acceptors (Lipinski definition) is 1. The van der Waals surface area contributed by atoms with Crippen LogP contribution in [0, 0.1) is 0 Å². The Morgan fingerprint density at radius 3 is 2.62 bits per heavy atom. The fourth-order valence-electron chi connectivity index (χ4n) is 1.81. The molecule has 1 aromatic heterocycles. The van der Waals surface area contributed by atoms with Crippen molar-refractivity contribution >= 4 is 37.4 Å². The first-order valence-corrected chi connectivity index (χ1v) is 6.73. The van der Waals surface area contributed by atoms with E-state index in [1.54, 1.807) is 11.3 Å². The fourth-order valence-corrected chi connectivity index (χ4v) is 2.98. The lowest BCUT2D eigenvalue weighted by Crippen LogP contribution is -1.76. The Morgan fingerprint density at radius 2 is 1.75 bits per heavy atom. The molecule has 16 heavy (non-hydrogen) atoms. The molecule has 0 spiro atoms. The third kappa shape index (κ3) is 1.79. The van der Waals surface area contributed by atoms with Crippen LogP contribution in [0.4, 0.5) is 0 Å². The van der Waals surface area contributed by atoms with E-state index >= 15 is 0 Å². The third-order valence-electron chi connectivity index (χ3n) is 2.61. The summed E-state index contributed by atoms with van der Waals surface area (Å²) >= 11 is 5.29. The van der Waals surface area contributed by atoms with Gasteiger partial charge in [-0.25, -0.2) is 0 Å². The molecule has 0 atom stereocenters. The summed E-state index contributed by atoms with van der Waals surface area (Å²) < 4.78 is 2.47. The Balaban J connectivity index is 2.18. The zero-order chi connectivity index (χ0) is 11.0. The van der Waals surface area contributed by atoms with Crippen molar-refractivity contribution in [3.05, 3.63) is 58.4 Å². The second kappa shape index (κ2) is 4.04. The molecule has 0 saturated carbocycles. The molecule has 0 unspecified atom stereocenters. The number of thiophene rings is 1. The second-order valence-electron chi connectivity index (χ2n) is 3.68. The van der Waals surface area contributed by atoms with Crippen molar-refractivity contribution in [3.8, 4) is 11.1 Å². The maximum atomic E-state index is 3.50. The van der Waals surface area contributed by atoms with Crippen molar-refractivity contribution in [2.75, 3.05) is 0 Å². The summed E-state index contributed by atoms with van der Waals surface area (Å²) in [6.07, 6.45) is 0. The zero-order valence-corrected chi connectivity index (χ0v) is 10.9. The van der Waals surface area contributed by atoms with Gasteiger partial charge in [-0.05, 0) is 52.2 Å². The molecule has 0 fully saturated rings. The molecule has 0 radical (unpaired) electrons. The van der Waals surface area contributed by atoms with Crippen molar-refractivity contribution < 1.29 is 0 Å². The number of halogens is 1. The second-order valence-corrected chi connectivity index (χ2v) is 5.55. The number of rotatable bonds is 1. The largest absolute Gasteiger partial charge is 0.144 e. The van der Waals surface area contributed by atoms with E-state index in [2.05, 4.69) is 63.8 Å². The van der Waals surface area contributed by atoms with E-state index in [0.29, 0.717) is 0 Å². The van der Waals surface area contributed by atoms with Gasteiger partial charge < -0.3 is 0 Å². The van der Waals surface area contributed by atoms with Crippen LogP contribution in [-0.4, -0.2) is 0 Å². The van der Waals surface area contributed by atoms with E-state index in [4.69, 9.17) is 0 Å². The molecule has 0 aliphatic heterocycles. The van der Waals surface area contributed by atoms with Gasteiger partial charge in [-0.1, -0.05) is 34.1 Å². The maximum absolute atomic E-state index is 3.50. The molecule has 0 aliphatic rings. The van der Waals surface area contributed by atoms with E-state index in [1.807, 2.05) is 6.07 Å². The molecule has 1 heterocycles. The van der Waals surface area contributed by atoms with Crippen LogP contribution in [0.25, 0.3) is 21.2 Å². The molecule has 2 aromatic carbocycles. The summed E-state index contributed by atoms with van der Waals surface area (Å²) in [4.78, 5) is 0. The van der Waals surface area contributed by atoms with Crippen molar-refractivity contribution in [2.45, 2.75) is 0 Å². The van der Waals surface area contributed by atoms with Crippen LogP contribution in [0.5, 0.6) is 0 Å². The summed E-state index contributed by atoms with van der Waals surface area (Å²) in [7, 11) is 0. The SMILES string of the molecule is Brc1cccc(-c2ccc3sccc3c2)c1. The summed E-state index contributed by atoms with van der Waals surface area (Å²) in [5.41, 5.74) is 2.52. The molecule has 0 saturated heterocycles. The minimum atomic E-state index is 1.12. The average Bonchev–Trinajstić information content (AvgIpc) is 2.75. The molecule has 0 aliphatic carbocycles. The highest BCUT2D eigenvalue weighted by atomic mass is 79.9. The Bertz CT molecular complexity index is 640. The van der Waals surface area contributed by atoms with Crippen molar-refractivity contribution in [1.29, 1.82) is 0 Å². The number of benzene rings is 2. The van der Waals surface area contributed by atoms with E-state index in [-0.39, 0.29) is 0 Å². The van der Waals surface area contributed by atoms with Crippen LogP contribution in [0.3, 0.4) is 0 Å². The normalized spacial score (nSPS) is 10.8. The smallest absolute Gasteiger partial charge is 0.0343 e. The van der Waals surface area contributed by atoms with Crippen LogP contribution in [-0.2, 0) is 0 Å². The molecule has 3 rings (SSSR count). The highest BCUT2D eigenvalue weighted by Gasteiger charge is 2.00. The Labute approximate surface area is 107 Å². The van der Waals surface area contributed by atoms with Gasteiger partial charge in [0.05, 0.1) is 0 Å². The fraction of sp³-hybridized carbons (Fsp3) is 0. The third-order valence-corrected chi connectivity index (χ3v) is 4.00. The van der Waals surface area contributed by atoms with Crippen molar-refractivity contribution in [3.63, 3.8) is 0 Å². The molecule has 0 N–H and O–H groups in total. The average molecular weight is 289 g/mol. The topological polar surface area (TPSA) is 0 Å². The van der Waals surface area contributed by atoms with Crippen molar-refractivity contribution in [2.24, 2.45) is 0 Å².